The van der Waals surface area contributed by atoms with Gasteiger partial charge in [-0.15, -0.1) is 5.10 Å². The zero-order valence-electron chi connectivity index (χ0n) is 18.6. The molecule has 0 bridgehead atoms. The van der Waals surface area contributed by atoms with Gasteiger partial charge in [-0.05, 0) is 54.2 Å². The van der Waals surface area contributed by atoms with E-state index in [4.69, 9.17) is 16.3 Å². The highest BCUT2D eigenvalue weighted by atomic mass is 35.5. The van der Waals surface area contributed by atoms with E-state index in [-0.39, 0.29) is 23.8 Å². The van der Waals surface area contributed by atoms with Gasteiger partial charge in [-0.1, -0.05) is 48.0 Å². The molecule has 8 heteroatoms. The van der Waals surface area contributed by atoms with Crippen molar-refractivity contribution in [2.75, 3.05) is 5.32 Å². The van der Waals surface area contributed by atoms with Gasteiger partial charge in [0, 0.05) is 29.4 Å². The second-order valence-corrected chi connectivity index (χ2v) is 8.91. The number of halogens is 1. The highest BCUT2D eigenvalue weighted by Crippen LogP contribution is 2.48. The lowest BCUT2D eigenvalue weighted by atomic mass is 10.1. The van der Waals surface area contributed by atoms with E-state index < -0.39 is 0 Å². The number of carbonyl (C=O) groups is 1. The van der Waals surface area contributed by atoms with Crippen molar-refractivity contribution in [2.45, 2.75) is 31.9 Å². The Morgan fingerprint density at radius 3 is 2.82 bits per heavy atom. The van der Waals surface area contributed by atoms with E-state index in [2.05, 4.69) is 32.7 Å². The lowest BCUT2D eigenvalue weighted by molar-refractivity contribution is -0.117. The molecule has 7 nitrogen and oxygen atoms in total. The molecular weight excluding hydrogens is 450 g/mol. The summed E-state index contributed by atoms with van der Waals surface area (Å²) in [6.07, 6.45) is 5.86. The summed E-state index contributed by atoms with van der Waals surface area (Å²) in [5.74, 6) is 0.935. The van der Waals surface area contributed by atoms with Gasteiger partial charge in [-0.25, -0.2) is 0 Å². The Labute approximate surface area is 202 Å². The van der Waals surface area contributed by atoms with Gasteiger partial charge in [-0.2, -0.15) is 10.2 Å². The molecule has 0 saturated heterocycles. The summed E-state index contributed by atoms with van der Waals surface area (Å²) in [7, 11) is 0. The van der Waals surface area contributed by atoms with Crippen LogP contribution < -0.4 is 10.1 Å². The third-order valence-corrected chi connectivity index (χ3v) is 6.19. The summed E-state index contributed by atoms with van der Waals surface area (Å²) in [4.78, 5) is 12.7. The van der Waals surface area contributed by atoms with Crippen LogP contribution in [0, 0.1) is 5.92 Å². The number of ether oxygens (including phenoxy) is 1. The van der Waals surface area contributed by atoms with Crippen molar-refractivity contribution in [3.05, 3.63) is 101 Å². The third kappa shape index (κ3) is 5.26. The normalized spacial score (nSPS) is 17.7. The molecular formula is C26H24ClN5O2. The maximum Gasteiger partial charge on any atom is 0.229 e. The van der Waals surface area contributed by atoms with Crippen LogP contribution in [0.3, 0.4) is 0 Å². The molecule has 0 radical (unpaired) electrons. The molecule has 34 heavy (non-hydrogen) atoms. The van der Waals surface area contributed by atoms with Crippen molar-refractivity contribution in [3.63, 3.8) is 0 Å². The van der Waals surface area contributed by atoms with Crippen LogP contribution in [0.25, 0.3) is 0 Å². The van der Waals surface area contributed by atoms with Gasteiger partial charge in [0.1, 0.15) is 11.9 Å². The maximum atomic E-state index is 12.7. The number of rotatable bonds is 8. The molecule has 0 aliphatic heterocycles. The first-order chi connectivity index (χ1) is 16.5. The number of nitrogens with one attached hydrogen (secondary N) is 1. The Balaban J connectivity index is 1.17. The van der Waals surface area contributed by atoms with E-state index >= 15 is 0 Å². The van der Waals surface area contributed by atoms with Gasteiger partial charge in [-0.3, -0.25) is 9.48 Å². The molecule has 3 unspecified atom stereocenters. The fourth-order valence-corrected chi connectivity index (χ4v) is 4.23. The minimum absolute atomic E-state index is 0.0720. The van der Waals surface area contributed by atoms with E-state index in [0.717, 1.165) is 29.7 Å². The molecule has 1 N–H and O–H groups in total. The van der Waals surface area contributed by atoms with Gasteiger partial charge in [0.2, 0.25) is 5.91 Å². The van der Waals surface area contributed by atoms with E-state index in [1.54, 1.807) is 18.5 Å². The molecule has 1 aliphatic carbocycles. The molecule has 172 valence electrons. The summed E-state index contributed by atoms with van der Waals surface area (Å²) in [5.41, 5.74) is 3.28. The van der Waals surface area contributed by atoms with Crippen LogP contribution in [0.5, 0.6) is 5.75 Å². The number of benzene rings is 2. The maximum absolute atomic E-state index is 12.7. The number of amides is 1. The molecule has 2 heterocycles. The monoisotopic (exact) mass is 473 g/mol. The predicted molar refractivity (Wildman–Crippen MR) is 130 cm³/mol. The smallest absolute Gasteiger partial charge is 0.229 e. The van der Waals surface area contributed by atoms with Crippen LogP contribution in [-0.2, 0) is 11.3 Å². The standard InChI is InChI=1S/C26H24ClN5O2/c1-17(19-8-6-18(7-9-19)16-32-11-3-10-29-32)34-22-13-25(31-28-15-22)30-26(33)24-14-23(24)20-4-2-5-21(27)12-20/h2-13,15,17,23-24H,14,16H2,1H3,(H,30,31,33). The fraction of sp³-hybridized carbons (Fsp3) is 0.231. The lowest BCUT2D eigenvalue weighted by Gasteiger charge is -2.16. The zero-order valence-corrected chi connectivity index (χ0v) is 19.4. The predicted octanol–water partition coefficient (Wildman–Crippen LogP) is 5.26. The number of carbonyl (C=O) groups excluding carboxylic acids is 1. The topological polar surface area (TPSA) is 81.9 Å². The Hall–Kier alpha value is -3.71. The van der Waals surface area contributed by atoms with E-state index in [9.17, 15) is 4.79 Å². The average molecular weight is 474 g/mol. The average Bonchev–Trinajstić information content (AvgIpc) is 3.49. The second-order valence-electron chi connectivity index (χ2n) is 8.47. The fourth-order valence-electron chi connectivity index (χ4n) is 4.03. The van der Waals surface area contributed by atoms with Gasteiger partial charge in [0.05, 0.1) is 12.7 Å². The quantitative estimate of drug-likeness (QED) is 0.377. The summed E-state index contributed by atoms with van der Waals surface area (Å²) >= 11 is 6.08. The minimum atomic E-state index is -0.192. The minimum Gasteiger partial charge on any atom is -0.484 e. The first kappa shape index (κ1) is 22.1. The molecule has 0 spiro atoms. The summed E-state index contributed by atoms with van der Waals surface area (Å²) in [5, 5.41) is 15.8. The molecule has 1 fully saturated rings. The molecule has 2 aromatic heterocycles. The zero-order chi connectivity index (χ0) is 23.5. The van der Waals surface area contributed by atoms with Crippen molar-refractivity contribution in [2.24, 2.45) is 5.92 Å². The lowest BCUT2D eigenvalue weighted by Crippen LogP contribution is -2.16. The van der Waals surface area contributed by atoms with Crippen LogP contribution >= 0.6 is 11.6 Å². The van der Waals surface area contributed by atoms with Crippen molar-refractivity contribution in [3.8, 4) is 5.75 Å². The highest BCUT2D eigenvalue weighted by molar-refractivity contribution is 6.30. The van der Waals surface area contributed by atoms with Crippen LogP contribution in [0.15, 0.2) is 79.3 Å². The molecule has 2 aromatic carbocycles. The third-order valence-electron chi connectivity index (χ3n) is 5.95. The molecule has 5 rings (SSSR count). The SMILES string of the molecule is CC(Oc1cnnc(NC(=O)C2CC2c2cccc(Cl)c2)c1)c1ccc(Cn2cccn2)cc1. The largest absolute Gasteiger partial charge is 0.484 e. The summed E-state index contributed by atoms with van der Waals surface area (Å²) < 4.78 is 7.94. The van der Waals surface area contributed by atoms with E-state index in [0.29, 0.717) is 16.6 Å². The number of hydrogen-bond acceptors (Lipinski definition) is 5. The molecule has 3 atom stereocenters. The molecule has 4 aromatic rings. The second kappa shape index (κ2) is 9.65. The molecule has 1 aliphatic rings. The van der Waals surface area contributed by atoms with Gasteiger partial charge < -0.3 is 10.1 Å². The van der Waals surface area contributed by atoms with Crippen LogP contribution in [-0.4, -0.2) is 25.9 Å². The number of nitrogens with zero attached hydrogens (tertiary/aromatic N) is 4. The van der Waals surface area contributed by atoms with Gasteiger partial charge >= 0.3 is 0 Å². The van der Waals surface area contributed by atoms with Crippen LogP contribution in [0.2, 0.25) is 5.02 Å². The van der Waals surface area contributed by atoms with Crippen LogP contribution in [0.4, 0.5) is 5.82 Å². The van der Waals surface area contributed by atoms with E-state index in [1.807, 2.05) is 60.3 Å². The first-order valence-corrected chi connectivity index (χ1v) is 11.5. The number of anilines is 1. The van der Waals surface area contributed by atoms with Crippen molar-refractivity contribution in [1.29, 1.82) is 0 Å². The number of aromatic nitrogens is 4. The van der Waals surface area contributed by atoms with E-state index in [1.165, 1.54) is 0 Å². The highest BCUT2D eigenvalue weighted by Gasteiger charge is 2.44. The molecule has 1 amide bonds. The number of hydrogen-bond donors (Lipinski definition) is 1. The van der Waals surface area contributed by atoms with Crippen molar-refractivity contribution < 1.29 is 9.53 Å². The Bertz CT molecular complexity index is 1280. The van der Waals surface area contributed by atoms with Gasteiger partial charge in [0.15, 0.2) is 5.82 Å². The Morgan fingerprint density at radius 2 is 2.06 bits per heavy atom. The Kier molecular flexibility index (Phi) is 6.27. The summed E-state index contributed by atoms with van der Waals surface area (Å²) in [6.45, 7) is 2.69. The van der Waals surface area contributed by atoms with Crippen LogP contribution in [0.1, 0.15) is 42.1 Å². The summed E-state index contributed by atoms with van der Waals surface area (Å²) in [6, 6.07) is 19.5. The first-order valence-electron chi connectivity index (χ1n) is 11.2. The van der Waals surface area contributed by atoms with Crippen molar-refractivity contribution in [1.82, 2.24) is 20.0 Å². The van der Waals surface area contributed by atoms with Crippen molar-refractivity contribution >= 4 is 23.3 Å². The van der Waals surface area contributed by atoms with Gasteiger partial charge in [0.25, 0.3) is 0 Å². The molecule has 1 saturated carbocycles. The Morgan fingerprint density at radius 1 is 1.21 bits per heavy atom.